The van der Waals surface area contributed by atoms with Gasteiger partial charge in [-0.3, -0.25) is 19.2 Å². The van der Waals surface area contributed by atoms with Crippen LogP contribution in [0.2, 0.25) is 0 Å². The Bertz CT molecular complexity index is 1040. The summed E-state index contributed by atoms with van der Waals surface area (Å²) in [5.41, 5.74) is 7.65. The number of amides is 4. The number of likely N-dealkylation sites (N-methyl/N-ethyl adjacent to an activating group) is 2. The molecule has 11 nitrogen and oxygen atoms in total. The first-order valence-electron chi connectivity index (χ1n) is 14.9. The third-order valence-electron chi connectivity index (χ3n) is 8.68. The van der Waals surface area contributed by atoms with Crippen LogP contribution in [0.5, 0.6) is 0 Å². The van der Waals surface area contributed by atoms with Crippen LogP contribution in [0.15, 0.2) is 24.3 Å². The minimum Gasteiger partial charge on any atom is -0.399 e. The number of likely N-dealkylation sites (tertiary alicyclic amines) is 1. The van der Waals surface area contributed by atoms with Crippen molar-refractivity contribution in [3.05, 3.63) is 29.8 Å². The third kappa shape index (κ3) is 9.16. The average Bonchev–Trinajstić information content (AvgIpc) is 3.47. The van der Waals surface area contributed by atoms with Crippen molar-refractivity contribution in [3.8, 4) is 0 Å². The van der Waals surface area contributed by atoms with Gasteiger partial charge in [0.1, 0.15) is 0 Å². The molecule has 0 aromatic heterocycles. The van der Waals surface area contributed by atoms with Crippen LogP contribution >= 0.6 is 0 Å². The fraction of sp³-hybridized carbons (Fsp3) is 0.677. The van der Waals surface area contributed by atoms with Crippen molar-refractivity contribution in [1.82, 2.24) is 20.0 Å². The van der Waals surface area contributed by atoms with Crippen LogP contribution in [0.3, 0.4) is 0 Å². The van der Waals surface area contributed by atoms with E-state index in [2.05, 4.69) is 5.32 Å². The number of nitrogens with two attached hydrogens (primary N) is 1. The highest BCUT2D eigenvalue weighted by Gasteiger charge is 2.42. The third-order valence-corrected chi connectivity index (χ3v) is 8.68. The van der Waals surface area contributed by atoms with Crippen LogP contribution in [0.25, 0.3) is 0 Å². The summed E-state index contributed by atoms with van der Waals surface area (Å²) >= 11 is 0. The van der Waals surface area contributed by atoms with Gasteiger partial charge in [0.15, 0.2) is 0 Å². The Kier molecular flexibility index (Phi) is 14.2. The van der Waals surface area contributed by atoms with E-state index in [9.17, 15) is 19.2 Å². The SMILES string of the molecule is CCC(C)C(C(CC(=O)N1CCCC1C(OC)C(C)C(=O)N(C)CCc1cccc(N)c1)OC)N(C)C(=O)CNC=O. The molecular formula is C31H51N5O6. The van der Waals surface area contributed by atoms with Gasteiger partial charge in [0.2, 0.25) is 24.1 Å². The lowest BCUT2D eigenvalue weighted by molar-refractivity contribution is -0.147. The largest absolute Gasteiger partial charge is 0.399 e. The maximum atomic E-state index is 13.8. The van der Waals surface area contributed by atoms with Crippen molar-refractivity contribution in [2.45, 2.75) is 77.2 Å². The Morgan fingerprint density at radius 3 is 2.50 bits per heavy atom. The van der Waals surface area contributed by atoms with E-state index in [1.165, 1.54) is 0 Å². The van der Waals surface area contributed by atoms with E-state index in [-0.39, 0.29) is 48.7 Å². The average molecular weight is 590 g/mol. The van der Waals surface area contributed by atoms with Gasteiger partial charge in [-0.2, -0.15) is 0 Å². The minimum absolute atomic E-state index is 0.0410. The van der Waals surface area contributed by atoms with Crippen molar-refractivity contribution in [3.63, 3.8) is 0 Å². The van der Waals surface area contributed by atoms with Gasteiger partial charge in [-0.05, 0) is 42.9 Å². The van der Waals surface area contributed by atoms with Gasteiger partial charge in [0.05, 0.1) is 43.2 Å². The Morgan fingerprint density at radius 2 is 1.90 bits per heavy atom. The Labute approximate surface area is 251 Å². The fourth-order valence-corrected chi connectivity index (χ4v) is 6.07. The van der Waals surface area contributed by atoms with Gasteiger partial charge in [-0.15, -0.1) is 0 Å². The van der Waals surface area contributed by atoms with E-state index in [4.69, 9.17) is 15.2 Å². The summed E-state index contributed by atoms with van der Waals surface area (Å²) in [6, 6.07) is 7.03. The molecule has 1 fully saturated rings. The van der Waals surface area contributed by atoms with Gasteiger partial charge in [-0.25, -0.2) is 0 Å². The van der Waals surface area contributed by atoms with Crippen molar-refractivity contribution >= 4 is 29.8 Å². The molecule has 0 spiro atoms. The number of carbonyl (C=O) groups excluding carboxylic acids is 4. The van der Waals surface area contributed by atoms with E-state index in [1.807, 2.05) is 49.9 Å². The first kappa shape index (κ1) is 35.0. The maximum Gasteiger partial charge on any atom is 0.242 e. The van der Waals surface area contributed by atoms with Gasteiger partial charge >= 0.3 is 0 Å². The molecule has 1 aromatic rings. The van der Waals surface area contributed by atoms with E-state index < -0.39 is 18.1 Å². The quantitative estimate of drug-likeness (QED) is 0.209. The van der Waals surface area contributed by atoms with Crippen LogP contribution in [0.4, 0.5) is 5.69 Å². The molecular weight excluding hydrogens is 538 g/mol. The Hall–Kier alpha value is -3.18. The van der Waals surface area contributed by atoms with E-state index in [1.54, 1.807) is 38.1 Å². The molecule has 4 amide bonds. The smallest absolute Gasteiger partial charge is 0.242 e. The van der Waals surface area contributed by atoms with E-state index in [0.29, 0.717) is 31.6 Å². The summed E-state index contributed by atoms with van der Waals surface area (Å²) in [4.78, 5) is 55.8. The lowest BCUT2D eigenvalue weighted by Crippen LogP contribution is -2.54. The van der Waals surface area contributed by atoms with Gasteiger partial charge in [-0.1, -0.05) is 39.3 Å². The number of hydrogen-bond donors (Lipinski definition) is 2. The first-order valence-corrected chi connectivity index (χ1v) is 14.9. The van der Waals surface area contributed by atoms with Crippen molar-refractivity contribution in [2.24, 2.45) is 11.8 Å². The van der Waals surface area contributed by atoms with E-state index in [0.717, 1.165) is 24.8 Å². The molecule has 1 saturated heterocycles. The van der Waals surface area contributed by atoms with Crippen LogP contribution < -0.4 is 11.1 Å². The second kappa shape index (κ2) is 17.1. The molecule has 236 valence electrons. The summed E-state index contributed by atoms with van der Waals surface area (Å²) in [7, 11) is 6.61. The molecule has 0 radical (unpaired) electrons. The van der Waals surface area contributed by atoms with Gasteiger partial charge in [0.25, 0.3) is 0 Å². The second-order valence-electron chi connectivity index (χ2n) is 11.4. The van der Waals surface area contributed by atoms with E-state index >= 15 is 0 Å². The second-order valence-corrected chi connectivity index (χ2v) is 11.4. The lowest BCUT2D eigenvalue weighted by Gasteiger charge is -2.39. The predicted octanol–water partition coefficient (Wildman–Crippen LogP) is 1.94. The number of nitrogens with zero attached hydrogens (tertiary/aromatic N) is 3. The molecule has 1 aliphatic heterocycles. The predicted molar refractivity (Wildman–Crippen MR) is 162 cm³/mol. The van der Waals surface area contributed by atoms with Crippen molar-refractivity contribution < 1.29 is 28.7 Å². The maximum absolute atomic E-state index is 13.8. The van der Waals surface area contributed by atoms with Crippen molar-refractivity contribution in [2.75, 3.05) is 53.7 Å². The number of hydrogen-bond acceptors (Lipinski definition) is 7. The molecule has 1 aliphatic rings. The normalized spacial score (nSPS) is 18.5. The highest BCUT2D eigenvalue weighted by molar-refractivity contribution is 5.81. The molecule has 6 atom stereocenters. The Morgan fingerprint density at radius 1 is 1.19 bits per heavy atom. The highest BCUT2D eigenvalue weighted by Crippen LogP contribution is 2.29. The molecule has 11 heteroatoms. The number of carbonyl (C=O) groups is 4. The molecule has 3 N–H and O–H groups in total. The lowest BCUT2D eigenvalue weighted by atomic mass is 9.90. The number of methoxy groups -OCH3 is 2. The fourth-order valence-electron chi connectivity index (χ4n) is 6.07. The zero-order valence-corrected chi connectivity index (χ0v) is 26.4. The highest BCUT2D eigenvalue weighted by atomic mass is 16.5. The van der Waals surface area contributed by atoms with Crippen LogP contribution in [-0.4, -0.2) is 111 Å². The molecule has 6 unspecified atom stereocenters. The summed E-state index contributed by atoms with van der Waals surface area (Å²) in [6.07, 6.45) is 2.57. The number of nitrogen functional groups attached to an aromatic ring is 1. The zero-order valence-electron chi connectivity index (χ0n) is 26.4. The molecule has 0 saturated carbocycles. The van der Waals surface area contributed by atoms with Gasteiger partial charge in [0, 0.05) is 47.1 Å². The van der Waals surface area contributed by atoms with Crippen LogP contribution in [-0.2, 0) is 35.1 Å². The monoisotopic (exact) mass is 589 g/mol. The standard InChI is InChI=1S/C31H51N5O6/c1-8-21(2)29(35(5)28(39)19-33-20-37)26(41-6)18-27(38)36-15-10-13-25(36)30(42-7)22(3)31(40)34(4)16-14-23-11-9-12-24(32)17-23/h9,11-12,17,20-22,25-26,29-30H,8,10,13-16,18-19,32H2,1-7H3,(H,33,37). The molecule has 2 rings (SSSR count). The summed E-state index contributed by atoms with van der Waals surface area (Å²) in [6.45, 7) is 6.89. The van der Waals surface area contributed by atoms with Crippen LogP contribution in [0, 0.1) is 11.8 Å². The molecule has 0 aliphatic carbocycles. The molecule has 42 heavy (non-hydrogen) atoms. The number of anilines is 1. The Balaban J connectivity index is 2.13. The molecule has 1 heterocycles. The van der Waals surface area contributed by atoms with Crippen LogP contribution in [0.1, 0.15) is 52.0 Å². The first-order chi connectivity index (χ1) is 20.0. The number of ether oxygens (including phenoxy) is 2. The molecule has 0 bridgehead atoms. The van der Waals surface area contributed by atoms with Crippen molar-refractivity contribution in [1.29, 1.82) is 0 Å². The minimum atomic E-state index is -0.544. The summed E-state index contributed by atoms with van der Waals surface area (Å²) in [5.74, 6) is -0.802. The topological polar surface area (TPSA) is 135 Å². The number of nitrogens with one attached hydrogen (secondary N) is 1. The summed E-state index contributed by atoms with van der Waals surface area (Å²) < 4.78 is 11.7. The molecule has 1 aromatic carbocycles. The number of rotatable bonds is 17. The summed E-state index contributed by atoms with van der Waals surface area (Å²) in [5, 5.41) is 2.42. The zero-order chi connectivity index (χ0) is 31.4. The van der Waals surface area contributed by atoms with Gasteiger partial charge < -0.3 is 35.2 Å². The number of benzene rings is 1.